The molecule has 118 valence electrons. The van der Waals surface area contributed by atoms with Crippen molar-refractivity contribution in [3.05, 3.63) is 29.6 Å². The molecule has 7 heteroatoms. The number of aliphatic hydroxyl groups is 1. The summed E-state index contributed by atoms with van der Waals surface area (Å²) in [6.45, 7) is 5.25. The number of carbonyl (C=O) groups is 1. The lowest BCUT2D eigenvalue weighted by atomic mass is 9.82. The van der Waals surface area contributed by atoms with Crippen molar-refractivity contribution in [3.63, 3.8) is 0 Å². The van der Waals surface area contributed by atoms with Crippen molar-refractivity contribution in [1.29, 1.82) is 0 Å². The van der Waals surface area contributed by atoms with E-state index in [-0.39, 0.29) is 6.54 Å². The maximum Gasteiger partial charge on any atom is 0.434 e. The summed E-state index contributed by atoms with van der Waals surface area (Å²) in [5.41, 5.74) is -2.33. The largest absolute Gasteiger partial charge is 0.434 e. The lowest BCUT2D eigenvalue weighted by molar-refractivity contribution is -0.141. The van der Waals surface area contributed by atoms with Crippen molar-refractivity contribution >= 4 is 5.91 Å². The van der Waals surface area contributed by atoms with Crippen LogP contribution in [0.1, 0.15) is 43.2 Å². The van der Waals surface area contributed by atoms with Gasteiger partial charge >= 0.3 is 6.18 Å². The van der Waals surface area contributed by atoms with Crippen LogP contribution in [0.25, 0.3) is 0 Å². The highest BCUT2D eigenvalue weighted by Gasteiger charge is 2.37. The van der Waals surface area contributed by atoms with Gasteiger partial charge < -0.3 is 10.4 Å². The zero-order valence-electron chi connectivity index (χ0n) is 12.2. The first-order chi connectivity index (χ1) is 9.62. The predicted octanol–water partition coefficient (Wildman–Crippen LogP) is 2.63. The van der Waals surface area contributed by atoms with Crippen molar-refractivity contribution in [2.45, 2.75) is 39.5 Å². The fraction of sp³-hybridized carbons (Fsp3) is 0.571. The summed E-state index contributed by atoms with van der Waals surface area (Å²) in [5.74, 6) is -0.851. The molecule has 0 fully saturated rings. The fourth-order valence-corrected chi connectivity index (χ4v) is 1.76. The average Bonchev–Trinajstić information content (AvgIpc) is 2.43. The molecule has 0 aromatic carbocycles. The van der Waals surface area contributed by atoms with E-state index in [9.17, 15) is 23.1 Å². The molecule has 0 spiro atoms. The van der Waals surface area contributed by atoms with Crippen LogP contribution in [-0.4, -0.2) is 28.6 Å². The van der Waals surface area contributed by atoms with E-state index in [2.05, 4.69) is 10.3 Å². The molecule has 1 aromatic heterocycles. The highest BCUT2D eigenvalue weighted by molar-refractivity contribution is 5.95. The number of rotatable bonds is 5. The molecular formula is C14H19F3N2O2. The van der Waals surface area contributed by atoms with E-state index in [0.29, 0.717) is 6.42 Å². The third kappa shape index (κ3) is 4.17. The summed E-state index contributed by atoms with van der Waals surface area (Å²) in [4.78, 5) is 15.2. The topological polar surface area (TPSA) is 62.2 Å². The molecular weight excluding hydrogens is 285 g/mol. The molecule has 0 saturated heterocycles. The summed E-state index contributed by atoms with van der Waals surface area (Å²) >= 11 is 0. The number of carbonyl (C=O) groups excluding carboxylic acids is 1. The van der Waals surface area contributed by atoms with E-state index in [1.807, 2.05) is 6.92 Å². The van der Waals surface area contributed by atoms with E-state index in [1.165, 1.54) is 6.07 Å². The van der Waals surface area contributed by atoms with Gasteiger partial charge in [0, 0.05) is 18.2 Å². The zero-order chi connectivity index (χ0) is 16.3. The Morgan fingerprint density at radius 2 is 2.10 bits per heavy atom. The Hall–Kier alpha value is -1.63. The van der Waals surface area contributed by atoms with Gasteiger partial charge in [-0.15, -0.1) is 0 Å². The van der Waals surface area contributed by atoms with Gasteiger partial charge in [0.1, 0.15) is 0 Å². The number of alkyl halides is 3. The van der Waals surface area contributed by atoms with Gasteiger partial charge in [0.2, 0.25) is 0 Å². The molecule has 1 rings (SSSR count). The fourth-order valence-electron chi connectivity index (χ4n) is 1.76. The smallest absolute Gasteiger partial charge is 0.393 e. The maximum atomic E-state index is 12.8. The Balaban J connectivity index is 2.92. The summed E-state index contributed by atoms with van der Waals surface area (Å²) < 4.78 is 38.4. The van der Waals surface area contributed by atoms with Crippen molar-refractivity contribution in [1.82, 2.24) is 10.3 Å². The highest BCUT2D eigenvalue weighted by atomic mass is 19.4. The summed E-state index contributed by atoms with van der Waals surface area (Å²) in [5, 5.41) is 12.1. The molecule has 2 N–H and O–H groups in total. The van der Waals surface area contributed by atoms with E-state index in [0.717, 1.165) is 12.3 Å². The van der Waals surface area contributed by atoms with Gasteiger partial charge in [-0.05, 0) is 25.5 Å². The van der Waals surface area contributed by atoms with Crippen molar-refractivity contribution in [3.8, 4) is 0 Å². The lowest BCUT2D eigenvalue weighted by Gasteiger charge is -2.31. The van der Waals surface area contributed by atoms with Gasteiger partial charge in [-0.2, -0.15) is 13.2 Å². The molecule has 0 bridgehead atoms. The molecule has 21 heavy (non-hydrogen) atoms. The average molecular weight is 304 g/mol. The number of pyridine rings is 1. The maximum absolute atomic E-state index is 12.8. The summed E-state index contributed by atoms with van der Waals surface area (Å²) in [7, 11) is 0. The minimum Gasteiger partial charge on any atom is -0.393 e. The van der Waals surface area contributed by atoms with Crippen molar-refractivity contribution < 1.29 is 23.1 Å². The van der Waals surface area contributed by atoms with Gasteiger partial charge in [-0.3, -0.25) is 9.78 Å². The monoisotopic (exact) mass is 304 g/mol. The number of nitrogens with zero attached hydrogens (tertiary/aromatic N) is 1. The molecule has 0 aliphatic rings. The Labute approximate surface area is 121 Å². The quantitative estimate of drug-likeness (QED) is 0.879. The van der Waals surface area contributed by atoms with Crippen molar-refractivity contribution in [2.75, 3.05) is 6.54 Å². The predicted molar refractivity (Wildman–Crippen MR) is 71.7 cm³/mol. The second-order valence-corrected chi connectivity index (χ2v) is 5.26. The first kappa shape index (κ1) is 17.4. The Bertz CT molecular complexity index is 503. The Morgan fingerprint density at radius 1 is 1.48 bits per heavy atom. The van der Waals surface area contributed by atoms with Crippen LogP contribution >= 0.6 is 0 Å². The van der Waals surface area contributed by atoms with Crippen LogP contribution in [0.2, 0.25) is 0 Å². The number of aromatic nitrogens is 1. The van der Waals surface area contributed by atoms with Gasteiger partial charge in [-0.1, -0.05) is 13.8 Å². The lowest BCUT2D eigenvalue weighted by Crippen LogP contribution is -2.42. The first-order valence-electron chi connectivity index (χ1n) is 6.60. The number of halogens is 3. The number of nitrogens with one attached hydrogen (secondary N) is 1. The van der Waals surface area contributed by atoms with Gasteiger partial charge in [0.25, 0.3) is 5.91 Å². The van der Waals surface area contributed by atoms with Crippen LogP contribution in [0.4, 0.5) is 13.2 Å². The van der Waals surface area contributed by atoms with Crippen LogP contribution < -0.4 is 5.32 Å². The third-order valence-corrected chi connectivity index (χ3v) is 3.79. The molecule has 0 unspecified atom stereocenters. The molecule has 2 atom stereocenters. The molecule has 1 amide bonds. The third-order valence-electron chi connectivity index (χ3n) is 3.79. The second kappa shape index (κ2) is 6.43. The number of amides is 1. The highest BCUT2D eigenvalue weighted by Crippen LogP contribution is 2.30. The molecule has 1 heterocycles. The molecule has 4 nitrogen and oxygen atoms in total. The standard InChI is InChI=1S/C14H19F3N2O2/c1-4-13(3,9(2)20)8-19-12(21)10-6-5-7-18-11(10)14(15,16)17/h5-7,9,20H,4,8H2,1-3H3,(H,19,21)/t9-,13-/m0/s1. The minimum absolute atomic E-state index is 0.0756. The van der Waals surface area contributed by atoms with E-state index in [4.69, 9.17) is 0 Å². The number of hydrogen-bond donors (Lipinski definition) is 2. The first-order valence-corrected chi connectivity index (χ1v) is 6.60. The van der Waals surface area contributed by atoms with Gasteiger partial charge in [0.15, 0.2) is 5.69 Å². The van der Waals surface area contributed by atoms with Crippen LogP contribution in [0, 0.1) is 5.41 Å². The summed E-state index contributed by atoms with van der Waals surface area (Å²) in [6, 6.07) is 2.36. The molecule has 1 aromatic rings. The second-order valence-electron chi connectivity index (χ2n) is 5.26. The van der Waals surface area contributed by atoms with E-state index >= 15 is 0 Å². The molecule has 0 aliphatic carbocycles. The number of aliphatic hydroxyl groups excluding tert-OH is 1. The van der Waals surface area contributed by atoms with E-state index < -0.39 is 34.9 Å². The SMILES string of the molecule is CC[C@@](C)(CNC(=O)c1cccnc1C(F)(F)F)[C@H](C)O. The van der Waals surface area contributed by atoms with Crippen molar-refractivity contribution in [2.24, 2.45) is 5.41 Å². The Kier molecular flexibility index (Phi) is 5.33. The Morgan fingerprint density at radius 3 is 2.57 bits per heavy atom. The van der Waals surface area contributed by atoms with Gasteiger partial charge in [-0.25, -0.2) is 0 Å². The molecule has 0 saturated carbocycles. The molecule has 0 aliphatic heterocycles. The minimum atomic E-state index is -4.69. The van der Waals surface area contributed by atoms with E-state index in [1.54, 1.807) is 13.8 Å². The van der Waals surface area contributed by atoms with Crippen LogP contribution in [0.3, 0.4) is 0 Å². The normalized spacial score (nSPS) is 16.1. The molecule has 0 radical (unpaired) electrons. The van der Waals surface area contributed by atoms with Crippen LogP contribution in [-0.2, 0) is 6.18 Å². The summed E-state index contributed by atoms with van der Waals surface area (Å²) in [6.07, 6.45) is -3.82. The van der Waals surface area contributed by atoms with Gasteiger partial charge in [0.05, 0.1) is 11.7 Å². The van der Waals surface area contributed by atoms with Crippen LogP contribution in [0.5, 0.6) is 0 Å². The zero-order valence-corrected chi connectivity index (χ0v) is 12.2. The van der Waals surface area contributed by atoms with Crippen LogP contribution in [0.15, 0.2) is 18.3 Å². The number of hydrogen-bond acceptors (Lipinski definition) is 3.